The molecule has 0 saturated carbocycles. The van der Waals surface area contributed by atoms with Crippen LogP contribution in [0.4, 0.5) is 0 Å². The van der Waals surface area contributed by atoms with Gasteiger partial charge in [-0.3, -0.25) is 9.58 Å². The van der Waals surface area contributed by atoms with Gasteiger partial charge in [0.25, 0.3) is 0 Å². The van der Waals surface area contributed by atoms with Gasteiger partial charge in [0.15, 0.2) is 0 Å². The van der Waals surface area contributed by atoms with Crippen LogP contribution < -0.4 is 0 Å². The third-order valence-electron chi connectivity index (χ3n) is 2.69. The predicted molar refractivity (Wildman–Crippen MR) is 57.2 cm³/mol. The molecule has 0 aromatic carbocycles. The van der Waals surface area contributed by atoms with Crippen LogP contribution in [0, 0.1) is 5.92 Å². The maximum Gasteiger partial charge on any atom is 0.0929 e. The average Bonchev–Trinajstić information content (AvgIpc) is 2.51. The normalized spacial score (nSPS) is 24.0. The lowest BCUT2D eigenvalue weighted by Crippen LogP contribution is -2.35. The topological polar surface area (TPSA) is 21.1 Å². The van der Waals surface area contributed by atoms with Crippen LogP contribution in [-0.2, 0) is 6.67 Å². The predicted octanol–water partition coefficient (Wildman–Crippen LogP) is 2.23. The van der Waals surface area contributed by atoms with Crippen LogP contribution in [0.3, 0.4) is 0 Å². The van der Waals surface area contributed by atoms with E-state index in [1.807, 2.05) is 10.9 Å². The maximum absolute atomic E-state index is 5.80. The molecule has 0 bridgehead atoms. The first-order valence-electron chi connectivity index (χ1n) is 5.14. The van der Waals surface area contributed by atoms with Gasteiger partial charge in [-0.25, -0.2) is 0 Å². The number of hydrogen-bond donors (Lipinski definition) is 0. The summed E-state index contributed by atoms with van der Waals surface area (Å²) in [5.74, 6) is 0.815. The van der Waals surface area contributed by atoms with Crippen LogP contribution >= 0.6 is 11.6 Å². The number of piperidine rings is 1. The minimum atomic E-state index is 0.718. The lowest BCUT2D eigenvalue weighted by molar-refractivity contribution is 0.139. The van der Waals surface area contributed by atoms with E-state index < -0.39 is 0 Å². The lowest BCUT2D eigenvalue weighted by Gasteiger charge is -2.30. The molecule has 2 heterocycles. The molecule has 2 rings (SSSR count). The van der Waals surface area contributed by atoms with E-state index in [9.17, 15) is 0 Å². The molecular formula is C10H16ClN3. The van der Waals surface area contributed by atoms with Crippen LogP contribution in [0.25, 0.3) is 0 Å². The molecule has 1 atom stereocenters. The SMILES string of the molecule is CC1CCCN(Cn2cc(Cl)cn2)C1. The quantitative estimate of drug-likeness (QED) is 0.751. The zero-order chi connectivity index (χ0) is 9.97. The summed E-state index contributed by atoms with van der Waals surface area (Å²) in [5, 5.41) is 4.90. The second-order valence-electron chi connectivity index (χ2n) is 4.16. The van der Waals surface area contributed by atoms with E-state index in [1.54, 1.807) is 6.20 Å². The van der Waals surface area contributed by atoms with Gasteiger partial charge >= 0.3 is 0 Å². The highest BCUT2D eigenvalue weighted by molar-refractivity contribution is 6.30. The Morgan fingerprint density at radius 1 is 1.64 bits per heavy atom. The fourth-order valence-electron chi connectivity index (χ4n) is 2.04. The molecule has 78 valence electrons. The third kappa shape index (κ3) is 2.49. The molecule has 1 fully saturated rings. The summed E-state index contributed by atoms with van der Waals surface area (Å²) in [7, 11) is 0. The van der Waals surface area contributed by atoms with Crippen molar-refractivity contribution in [2.75, 3.05) is 13.1 Å². The van der Waals surface area contributed by atoms with Gasteiger partial charge < -0.3 is 0 Å². The number of nitrogens with zero attached hydrogens (tertiary/aromatic N) is 3. The monoisotopic (exact) mass is 213 g/mol. The van der Waals surface area contributed by atoms with Gasteiger partial charge in [0.05, 0.1) is 17.9 Å². The van der Waals surface area contributed by atoms with Crippen molar-refractivity contribution in [3.05, 3.63) is 17.4 Å². The second-order valence-corrected chi connectivity index (χ2v) is 4.60. The van der Waals surface area contributed by atoms with Crippen LogP contribution in [-0.4, -0.2) is 27.8 Å². The Labute approximate surface area is 89.7 Å². The van der Waals surface area contributed by atoms with Crippen LogP contribution in [0.15, 0.2) is 12.4 Å². The second kappa shape index (κ2) is 4.32. The molecule has 1 aliphatic heterocycles. The van der Waals surface area contributed by atoms with E-state index >= 15 is 0 Å². The van der Waals surface area contributed by atoms with Crippen molar-refractivity contribution >= 4 is 11.6 Å². The summed E-state index contributed by atoms with van der Waals surface area (Å²) in [6.07, 6.45) is 6.22. The van der Waals surface area contributed by atoms with Crippen molar-refractivity contribution in [1.29, 1.82) is 0 Å². The molecule has 3 nitrogen and oxygen atoms in total. The van der Waals surface area contributed by atoms with Crippen LogP contribution in [0.2, 0.25) is 5.02 Å². The first kappa shape index (κ1) is 9.99. The fourth-order valence-corrected chi connectivity index (χ4v) is 2.19. The fraction of sp³-hybridized carbons (Fsp3) is 0.700. The van der Waals surface area contributed by atoms with Crippen molar-refractivity contribution in [1.82, 2.24) is 14.7 Å². The van der Waals surface area contributed by atoms with Gasteiger partial charge in [0, 0.05) is 12.7 Å². The minimum Gasteiger partial charge on any atom is -0.284 e. The number of rotatable bonds is 2. The van der Waals surface area contributed by atoms with Gasteiger partial charge in [-0.05, 0) is 25.3 Å². The highest BCUT2D eigenvalue weighted by Gasteiger charge is 2.16. The molecule has 1 aliphatic rings. The number of halogens is 1. The Balaban J connectivity index is 1.90. The van der Waals surface area contributed by atoms with E-state index in [0.717, 1.165) is 17.6 Å². The first-order valence-corrected chi connectivity index (χ1v) is 5.52. The van der Waals surface area contributed by atoms with Gasteiger partial charge in [-0.1, -0.05) is 18.5 Å². The number of likely N-dealkylation sites (tertiary alicyclic amines) is 1. The molecule has 0 aliphatic carbocycles. The molecule has 0 spiro atoms. The number of hydrogen-bond acceptors (Lipinski definition) is 2. The number of aromatic nitrogens is 2. The van der Waals surface area contributed by atoms with Gasteiger partial charge in [0.2, 0.25) is 0 Å². The Bertz CT molecular complexity index is 297. The van der Waals surface area contributed by atoms with E-state index in [0.29, 0.717) is 0 Å². The molecule has 1 unspecified atom stereocenters. The highest BCUT2D eigenvalue weighted by Crippen LogP contribution is 2.16. The maximum atomic E-state index is 5.80. The van der Waals surface area contributed by atoms with E-state index in [4.69, 9.17) is 11.6 Å². The van der Waals surface area contributed by atoms with E-state index in [-0.39, 0.29) is 0 Å². The zero-order valence-electron chi connectivity index (χ0n) is 8.49. The summed E-state index contributed by atoms with van der Waals surface area (Å²) in [5.41, 5.74) is 0. The smallest absolute Gasteiger partial charge is 0.0929 e. The summed E-state index contributed by atoms with van der Waals surface area (Å²) < 4.78 is 1.90. The van der Waals surface area contributed by atoms with Crippen LogP contribution in [0.5, 0.6) is 0 Å². The Morgan fingerprint density at radius 3 is 3.14 bits per heavy atom. The summed E-state index contributed by atoms with van der Waals surface area (Å²) in [6, 6.07) is 0. The van der Waals surface area contributed by atoms with Gasteiger partial charge in [0.1, 0.15) is 0 Å². The van der Waals surface area contributed by atoms with Crippen molar-refractivity contribution in [3.63, 3.8) is 0 Å². The van der Waals surface area contributed by atoms with Crippen molar-refractivity contribution in [2.45, 2.75) is 26.4 Å². The average molecular weight is 214 g/mol. The summed E-state index contributed by atoms with van der Waals surface area (Å²) in [4.78, 5) is 2.43. The van der Waals surface area contributed by atoms with Crippen molar-refractivity contribution in [3.8, 4) is 0 Å². The molecule has 4 heteroatoms. The molecule has 0 N–H and O–H groups in total. The van der Waals surface area contributed by atoms with Crippen molar-refractivity contribution in [2.24, 2.45) is 5.92 Å². The van der Waals surface area contributed by atoms with Gasteiger partial charge in [-0.15, -0.1) is 0 Å². The Hall–Kier alpha value is -0.540. The Morgan fingerprint density at radius 2 is 2.50 bits per heavy atom. The standard InChI is InChI=1S/C10H16ClN3/c1-9-3-2-4-13(6-9)8-14-7-10(11)5-12-14/h5,7,9H,2-4,6,8H2,1H3. The van der Waals surface area contributed by atoms with E-state index in [1.165, 1.54) is 25.9 Å². The van der Waals surface area contributed by atoms with Crippen molar-refractivity contribution < 1.29 is 0 Å². The summed E-state index contributed by atoms with van der Waals surface area (Å²) in [6.45, 7) is 5.54. The molecule has 0 amide bonds. The molecule has 1 saturated heterocycles. The molecular weight excluding hydrogens is 198 g/mol. The highest BCUT2D eigenvalue weighted by atomic mass is 35.5. The molecule has 1 aromatic heterocycles. The lowest BCUT2D eigenvalue weighted by atomic mass is 10.0. The van der Waals surface area contributed by atoms with Gasteiger partial charge in [-0.2, -0.15) is 5.10 Å². The van der Waals surface area contributed by atoms with E-state index in [2.05, 4.69) is 16.9 Å². The first-order chi connectivity index (χ1) is 6.74. The summed E-state index contributed by atoms with van der Waals surface area (Å²) >= 11 is 5.80. The largest absolute Gasteiger partial charge is 0.284 e. The Kier molecular flexibility index (Phi) is 3.08. The zero-order valence-corrected chi connectivity index (χ0v) is 9.24. The molecule has 14 heavy (non-hydrogen) atoms. The van der Waals surface area contributed by atoms with Crippen LogP contribution in [0.1, 0.15) is 19.8 Å². The molecule has 1 aromatic rings. The minimum absolute atomic E-state index is 0.718. The molecule has 0 radical (unpaired) electrons. The third-order valence-corrected chi connectivity index (χ3v) is 2.88.